The molecule has 3 rings (SSSR count). The van der Waals surface area contributed by atoms with Crippen molar-refractivity contribution in [3.63, 3.8) is 0 Å². The first-order chi connectivity index (χ1) is 13.3. The molecule has 0 bridgehead atoms. The number of hydrogen-bond acceptors (Lipinski definition) is 5. The van der Waals surface area contributed by atoms with Crippen molar-refractivity contribution in [1.29, 1.82) is 0 Å². The molecule has 0 radical (unpaired) electrons. The van der Waals surface area contributed by atoms with E-state index in [1.54, 1.807) is 18.5 Å². The zero-order valence-electron chi connectivity index (χ0n) is 17.1. The number of morpholine rings is 1. The molecule has 1 aliphatic carbocycles. The third kappa shape index (κ3) is 4.75. The fourth-order valence-electron chi connectivity index (χ4n) is 4.10. The molecule has 158 valence electrons. The van der Waals surface area contributed by atoms with Crippen molar-refractivity contribution in [2.75, 3.05) is 26.3 Å². The molecule has 1 aliphatic heterocycles. The molecular weight excluding hydrogens is 380 g/mol. The van der Waals surface area contributed by atoms with Crippen LogP contribution in [0.3, 0.4) is 0 Å². The van der Waals surface area contributed by atoms with Crippen molar-refractivity contribution in [2.45, 2.75) is 70.4 Å². The molecule has 0 unspecified atom stereocenters. The van der Waals surface area contributed by atoms with E-state index in [0.717, 1.165) is 31.6 Å². The van der Waals surface area contributed by atoms with Crippen molar-refractivity contribution in [2.24, 2.45) is 5.92 Å². The van der Waals surface area contributed by atoms with Gasteiger partial charge in [0.2, 0.25) is 15.9 Å². The lowest BCUT2D eigenvalue weighted by Crippen LogP contribution is -2.41. The van der Waals surface area contributed by atoms with E-state index in [0.29, 0.717) is 50.7 Å². The first-order valence-corrected chi connectivity index (χ1v) is 11.6. The fraction of sp³-hybridized carbons (Fsp3) is 0.789. The summed E-state index contributed by atoms with van der Waals surface area (Å²) < 4.78 is 34.4. The molecule has 1 amide bonds. The first kappa shape index (κ1) is 21.3. The third-order valence-electron chi connectivity index (χ3n) is 5.81. The standard InChI is InChI=1S/C19H32N4O4S/c1-14-4-6-17(7-5-14)20-18(24)8-9-23-16(3)19(15(2)21-23)28(25,26)22-10-12-27-13-11-22/h14,17H,4-13H2,1-3H3,(H,20,24). The molecule has 2 fully saturated rings. The Balaban J connectivity index is 1.62. The monoisotopic (exact) mass is 412 g/mol. The van der Waals surface area contributed by atoms with Gasteiger partial charge in [-0.2, -0.15) is 9.40 Å². The topological polar surface area (TPSA) is 93.5 Å². The predicted octanol–water partition coefficient (Wildman–Crippen LogP) is 1.61. The number of hydrogen-bond donors (Lipinski definition) is 1. The number of nitrogens with zero attached hydrogens (tertiary/aromatic N) is 3. The molecule has 0 aromatic carbocycles. The number of ether oxygens (including phenoxy) is 1. The Morgan fingerprint density at radius 2 is 1.82 bits per heavy atom. The lowest BCUT2D eigenvalue weighted by Gasteiger charge is -2.27. The Kier molecular flexibility index (Phi) is 6.77. The van der Waals surface area contributed by atoms with Crippen molar-refractivity contribution >= 4 is 15.9 Å². The second-order valence-electron chi connectivity index (χ2n) is 8.01. The zero-order valence-corrected chi connectivity index (χ0v) is 17.9. The molecule has 2 heterocycles. The Hall–Kier alpha value is -1.45. The minimum Gasteiger partial charge on any atom is -0.379 e. The lowest BCUT2D eigenvalue weighted by molar-refractivity contribution is -0.122. The molecule has 1 aromatic rings. The number of carbonyl (C=O) groups excluding carboxylic acids is 1. The first-order valence-electron chi connectivity index (χ1n) is 10.2. The molecule has 8 nitrogen and oxygen atoms in total. The van der Waals surface area contributed by atoms with Crippen molar-refractivity contribution in [1.82, 2.24) is 19.4 Å². The van der Waals surface area contributed by atoms with Crippen molar-refractivity contribution < 1.29 is 17.9 Å². The van der Waals surface area contributed by atoms with Gasteiger partial charge in [-0.3, -0.25) is 9.48 Å². The maximum Gasteiger partial charge on any atom is 0.246 e. The summed E-state index contributed by atoms with van der Waals surface area (Å²) in [5, 5.41) is 7.51. The maximum absolute atomic E-state index is 13.0. The minimum atomic E-state index is -3.60. The van der Waals surface area contributed by atoms with Gasteiger partial charge in [-0.15, -0.1) is 0 Å². The van der Waals surface area contributed by atoms with E-state index >= 15 is 0 Å². The van der Waals surface area contributed by atoms with E-state index in [9.17, 15) is 13.2 Å². The van der Waals surface area contributed by atoms with E-state index in [-0.39, 0.29) is 16.8 Å². The molecular formula is C19H32N4O4S. The van der Waals surface area contributed by atoms with Crippen LogP contribution in [-0.2, 0) is 26.1 Å². The average Bonchev–Trinajstić information content (AvgIpc) is 2.96. The van der Waals surface area contributed by atoms with Gasteiger partial charge in [0, 0.05) is 25.6 Å². The van der Waals surface area contributed by atoms with Crippen LogP contribution in [0.25, 0.3) is 0 Å². The molecule has 9 heteroatoms. The molecule has 1 aromatic heterocycles. The predicted molar refractivity (Wildman–Crippen MR) is 105 cm³/mol. The van der Waals surface area contributed by atoms with Crippen LogP contribution in [0, 0.1) is 19.8 Å². The van der Waals surface area contributed by atoms with E-state index in [1.165, 1.54) is 4.31 Å². The Labute approximate surface area is 167 Å². The van der Waals surface area contributed by atoms with Crippen molar-refractivity contribution in [3.8, 4) is 0 Å². The van der Waals surface area contributed by atoms with Crippen LogP contribution < -0.4 is 5.32 Å². The summed E-state index contributed by atoms with van der Waals surface area (Å²) in [6.07, 6.45) is 4.69. The molecule has 2 aliphatic rings. The highest BCUT2D eigenvalue weighted by Crippen LogP contribution is 2.25. The largest absolute Gasteiger partial charge is 0.379 e. The van der Waals surface area contributed by atoms with Crippen LogP contribution in [0.2, 0.25) is 0 Å². The summed E-state index contributed by atoms with van der Waals surface area (Å²) in [7, 11) is -3.60. The Morgan fingerprint density at radius 1 is 1.18 bits per heavy atom. The van der Waals surface area contributed by atoms with Gasteiger partial charge in [0.25, 0.3) is 0 Å². The Morgan fingerprint density at radius 3 is 2.46 bits per heavy atom. The molecule has 1 saturated carbocycles. The number of aryl methyl sites for hydroxylation is 2. The quantitative estimate of drug-likeness (QED) is 0.766. The highest BCUT2D eigenvalue weighted by atomic mass is 32.2. The molecule has 0 atom stereocenters. The number of amides is 1. The summed E-state index contributed by atoms with van der Waals surface area (Å²) in [6.45, 7) is 7.62. The minimum absolute atomic E-state index is 0.00434. The van der Waals surface area contributed by atoms with Gasteiger partial charge in [0.15, 0.2) is 0 Å². The molecule has 1 saturated heterocycles. The van der Waals surface area contributed by atoms with Crippen LogP contribution in [0.15, 0.2) is 4.90 Å². The zero-order chi connectivity index (χ0) is 20.3. The van der Waals surface area contributed by atoms with Gasteiger partial charge in [0.1, 0.15) is 4.90 Å². The third-order valence-corrected chi connectivity index (χ3v) is 7.97. The van der Waals surface area contributed by atoms with E-state index in [4.69, 9.17) is 4.74 Å². The molecule has 28 heavy (non-hydrogen) atoms. The van der Waals surface area contributed by atoms with Gasteiger partial charge < -0.3 is 10.1 Å². The van der Waals surface area contributed by atoms with Gasteiger partial charge in [-0.1, -0.05) is 6.92 Å². The number of rotatable bonds is 6. The van der Waals surface area contributed by atoms with Crippen LogP contribution in [0.4, 0.5) is 0 Å². The summed E-state index contributed by atoms with van der Waals surface area (Å²) >= 11 is 0. The smallest absolute Gasteiger partial charge is 0.246 e. The van der Waals surface area contributed by atoms with E-state index < -0.39 is 10.0 Å². The highest BCUT2D eigenvalue weighted by molar-refractivity contribution is 7.89. The number of sulfonamides is 1. The average molecular weight is 413 g/mol. The van der Waals surface area contributed by atoms with Gasteiger partial charge >= 0.3 is 0 Å². The summed E-state index contributed by atoms with van der Waals surface area (Å²) in [6, 6.07) is 0.265. The van der Waals surface area contributed by atoms with Crippen LogP contribution in [0.5, 0.6) is 0 Å². The molecule has 1 N–H and O–H groups in total. The molecule has 0 spiro atoms. The van der Waals surface area contributed by atoms with Crippen molar-refractivity contribution in [3.05, 3.63) is 11.4 Å². The van der Waals surface area contributed by atoms with Gasteiger partial charge in [-0.05, 0) is 45.4 Å². The van der Waals surface area contributed by atoms with E-state index in [2.05, 4.69) is 17.3 Å². The summed E-state index contributed by atoms with van der Waals surface area (Å²) in [4.78, 5) is 12.6. The number of nitrogens with one attached hydrogen (secondary N) is 1. The Bertz CT molecular complexity index is 791. The lowest BCUT2D eigenvalue weighted by atomic mass is 9.87. The maximum atomic E-state index is 13.0. The SMILES string of the molecule is Cc1nn(CCC(=O)NC2CCC(C)CC2)c(C)c1S(=O)(=O)N1CCOCC1. The number of aromatic nitrogens is 2. The second-order valence-corrected chi connectivity index (χ2v) is 9.89. The van der Waals surface area contributed by atoms with Gasteiger partial charge in [-0.25, -0.2) is 8.42 Å². The van der Waals surface area contributed by atoms with Gasteiger partial charge in [0.05, 0.1) is 31.1 Å². The van der Waals surface area contributed by atoms with E-state index in [1.807, 2.05) is 0 Å². The fourth-order valence-corrected chi connectivity index (χ4v) is 5.88. The normalized spacial score (nSPS) is 24.2. The summed E-state index contributed by atoms with van der Waals surface area (Å²) in [5.74, 6) is 0.749. The van der Waals surface area contributed by atoms with Crippen LogP contribution in [-0.4, -0.2) is 60.8 Å². The number of carbonyl (C=O) groups is 1. The highest BCUT2D eigenvalue weighted by Gasteiger charge is 2.32. The van der Waals surface area contributed by atoms with Crippen LogP contribution >= 0.6 is 0 Å². The summed E-state index contributed by atoms with van der Waals surface area (Å²) in [5.41, 5.74) is 1.06. The van der Waals surface area contributed by atoms with Crippen LogP contribution in [0.1, 0.15) is 50.4 Å². The second kappa shape index (κ2) is 8.92.